The topological polar surface area (TPSA) is 52.5 Å². The Morgan fingerprint density at radius 1 is 1.35 bits per heavy atom. The molecule has 0 radical (unpaired) electrons. The van der Waals surface area contributed by atoms with E-state index in [0.717, 1.165) is 10.6 Å². The van der Waals surface area contributed by atoms with E-state index in [2.05, 4.69) is 11.2 Å². The van der Waals surface area contributed by atoms with Crippen molar-refractivity contribution in [2.75, 3.05) is 5.75 Å². The van der Waals surface area contributed by atoms with Gasteiger partial charge in [0.15, 0.2) is 0 Å². The number of nitrogens with zero attached hydrogens (tertiary/aromatic N) is 2. The minimum atomic E-state index is -4.49. The molecule has 0 atom stereocenters. The Balaban J connectivity index is 1.91. The van der Waals surface area contributed by atoms with E-state index in [1.165, 1.54) is 31.5 Å². The Kier molecular flexibility index (Phi) is 4.35. The molecule has 1 N–H and O–H groups in total. The fraction of sp³-hybridized carbons (Fsp3) is 0.375. The highest BCUT2D eigenvalue weighted by Crippen LogP contribution is 2.38. The fourth-order valence-electron chi connectivity index (χ4n) is 2.49. The van der Waals surface area contributed by atoms with Gasteiger partial charge in [0.1, 0.15) is 11.8 Å². The molecule has 0 unspecified atom stereocenters. The predicted molar refractivity (Wildman–Crippen MR) is 81.8 cm³/mol. The van der Waals surface area contributed by atoms with E-state index < -0.39 is 11.9 Å². The van der Waals surface area contributed by atoms with Crippen LogP contribution in [0, 0.1) is 17.2 Å². The van der Waals surface area contributed by atoms with Gasteiger partial charge in [0.25, 0.3) is 0 Å². The average Bonchev–Trinajstić information content (AvgIpc) is 2.95. The standard InChI is InChI=1S/C16H14F3N3S/c17-16(18,19)15-13(8-21-22-15)11-4-5-12(7-20)14(6-11)23-9-10-2-1-3-10/h4-6,8,10H,1-3,9H2,(H,21,22). The molecule has 0 bridgehead atoms. The number of alkyl halides is 3. The molecule has 1 saturated carbocycles. The molecule has 1 aliphatic rings. The average molecular weight is 337 g/mol. The number of hydrogen-bond acceptors (Lipinski definition) is 3. The zero-order valence-corrected chi connectivity index (χ0v) is 13.0. The number of aromatic nitrogens is 2. The maximum absolute atomic E-state index is 13.0. The highest BCUT2D eigenvalue weighted by atomic mass is 32.2. The number of halogens is 3. The van der Waals surface area contributed by atoms with E-state index in [-0.39, 0.29) is 5.56 Å². The van der Waals surface area contributed by atoms with Crippen molar-refractivity contribution in [3.05, 3.63) is 35.7 Å². The second kappa shape index (κ2) is 6.28. The van der Waals surface area contributed by atoms with Gasteiger partial charge in [0.2, 0.25) is 0 Å². The third-order valence-corrected chi connectivity index (χ3v) is 5.32. The fourth-order valence-corrected chi connectivity index (χ4v) is 3.72. The summed E-state index contributed by atoms with van der Waals surface area (Å²) in [5, 5.41) is 14.7. The SMILES string of the molecule is N#Cc1ccc(-c2cn[nH]c2C(F)(F)F)cc1SCC1CCC1. The van der Waals surface area contributed by atoms with Crippen molar-refractivity contribution in [2.45, 2.75) is 30.3 Å². The van der Waals surface area contributed by atoms with Crippen LogP contribution < -0.4 is 0 Å². The number of nitrogens with one attached hydrogen (secondary N) is 1. The Hall–Kier alpha value is -1.94. The lowest BCUT2D eigenvalue weighted by atomic mass is 9.87. The number of thioether (sulfide) groups is 1. The molecule has 23 heavy (non-hydrogen) atoms. The Morgan fingerprint density at radius 2 is 2.13 bits per heavy atom. The van der Waals surface area contributed by atoms with Crippen molar-refractivity contribution in [1.29, 1.82) is 5.26 Å². The summed E-state index contributed by atoms with van der Waals surface area (Å²) >= 11 is 1.55. The lowest BCUT2D eigenvalue weighted by Gasteiger charge is -2.24. The van der Waals surface area contributed by atoms with Crippen LogP contribution in [0.5, 0.6) is 0 Å². The summed E-state index contributed by atoms with van der Waals surface area (Å²) in [5.74, 6) is 1.55. The van der Waals surface area contributed by atoms with Crippen LogP contribution in [0.4, 0.5) is 13.2 Å². The molecule has 0 aliphatic heterocycles. The van der Waals surface area contributed by atoms with Gasteiger partial charge in [-0.1, -0.05) is 12.5 Å². The Labute approximate surface area is 135 Å². The molecular weight excluding hydrogens is 323 g/mol. The van der Waals surface area contributed by atoms with Gasteiger partial charge < -0.3 is 0 Å². The molecule has 7 heteroatoms. The van der Waals surface area contributed by atoms with Gasteiger partial charge in [-0.3, -0.25) is 5.10 Å². The predicted octanol–water partition coefficient (Wildman–Crippen LogP) is 4.86. The molecule has 1 aromatic carbocycles. The van der Waals surface area contributed by atoms with Crippen molar-refractivity contribution in [3.63, 3.8) is 0 Å². The molecule has 0 saturated heterocycles. The molecule has 1 aromatic heterocycles. The van der Waals surface area contributed by atoms with E-state index in [4.69, 9.17) is 0 Å². The molecule has 1 aliphatic carbocycles. The van der Waals surface area contributed by atoms with Crippen molar-refractivity contribution < 1.29 is 13.2 Å². The van der Waals surface area contributed by atoms with Crippen LogP contribution in [0.2, 0.25) is 0 Å². The molecular formula is C16H14F3N3S. The normalized spacial score (nSPS) is 15.2. The number of rotatable bonds is 4. The van der Waals surface area contributed by atoms with Crippen molar-refractivity contribution >= 4 is 11.8 Å². The third kappa shape index (κ3) is 3.37. The van der Waals surface area contributed by atoms with E-state index in [1.807, 2.05) is 5.10 Å². The van der Waals surface area contributed by atoms with E-state index in [0.29, 0.717) is 17.0 Å². The second-order valence-corrected chi connectivity index (χ2v) is 6.65. The zero-order chi connectivity index (χ0) is 16.4. The van der Waals surface area contributed by atoms with Crippen LogP contribution >= 0.6 is 11.8 Å². The van der Waals surface area contributed by atoms with Gasteiger partial charge >= 0.3 is 6.18 Å². The van der Waals surface area contributed by atoms with Crippen LogP contribution in [-0.2, 0) is 6.18 Å². The lowest BCUT2D eigenvalue weighted by Crippen LogP contribution is -2.13. The summed E-state index contributed by atoms with van der Waals surface area (Å²) < 4.78 is 39.0. The number of nitriles is 1. The molecule has 2 aromatic rings. The summed E-state index contributed by atoms with van der Waals surface area (Å²) in [6.45, 7) is 0. The second-order valence-electron chi connectivity index (χ2n) is 5.59. The maximum Gasteiger partial charge on any atom is 0.433 e. The smallest absolute Gasteiger partial charge is 0.273 e. The molecule has 0 amide bonds. The lowest BCUT2D eigenvalue weighted by molar-refractivity contribution is -0.140. The highest BCUT2D eigenvalue weighted by Gasteiger charge is 2.36. The van der Waals surface area contributed by atoms with E-state index in [1.54, 1.807) is 23.9 Å². The van der Waals surface area contributed by atoms with Crippen molar-refractivity contribution in [3.8, 4) is 17.2 Å². The minimum Gasteiger partial charge on any atom is -0.273 e. The summed E-state index contributed by atoms with van der Waals surface area (Å²) in [6.07, 6.45) is 0.299. The highest BCUT2D eigenvalue weighted by molar-refractivity contribution is 7.99. The molecule has 3 rings (SSSR count). The number of H-pyrrole nitrogens is 1. The quantitative estimate of drug-likeness (QED) is 0.811. The summed E-state index contributed by atoms with van der Waals surface area (Å²) in [4.78, 5) is 0.728. The van der Waals surface area contributed by atoms with Gasteiger partial charge in [-0.25, -0.2) is 0 Å². The first kappa shape index (κ1) is 15.9. The molecule has 120 valence electrons. The minimum absolute atomic E-state index is 0.00693. The number of aromatic amines is 1. The number of hydrogen-bond donors (Lipinski definition) is 1. The van der Waals surface area contributed by atoms with Crippen LogP contribution in [0.15, 0.2) is 29.3 Å². The van der Waals surface area contributed by atoms with Gasteiger partial charge in [0.05, 0.1) is 11.8 Å². The summed E-state index contributed by atoms with van der Waals surface area (Å²) in [6, 6.07) is 6.87. The van der Waals surface area contributed by atoms with Crippen LogP contribution in [0.3, 0.4) is 0 Å². The number of benzene rings is 1. The van der Waals surface area contributed by atoms with Gasteiger partial charge in [-0.2, -0.15) is 23.5 Å². The van der Waals surface area contributed by atoms with Crippen LogP contribution in [0.25, 0.3) is 11.1 Å². The summed E-state index contributed by atoms with van der Waals surface area (Å²) in [7, 11) is 0. The first-order chi connectivity index (χ1) is 11.0. The van der Waals surface area contributed by atoms with Gasteiger partial charge in [0, 0.05) is 16.2 Å². The van der Waals surface area contributed by atoms with Crippen LogP contribution in [-0.4, -0.2) is 16.0 Å². The van der Waals surface area contributed by atoms with Crippen LogP contribution in [0.1, 0.15) is 30.5 Å². The zero-order valence-electron chi connectivity index (χ0n) is 12.2. The van der Waals surface area contributed by atoms with Crippen molar-refractivity contribution in [1.82, 2.24) is 10.2 Å². The Bertz CT molecular complexity index is 742. The third-order valence-electron chi connectivity index (χ3n) is 4.04. The van der Waals surface area contributed by atoms with Gasteiger partial charge in [-0.05, 0) is 36.5 Å². The molecule has 1 fully saturated rings. The van der Waals surface area contributed by atoms with E-state index >= 15 is 0 Å². The molecule has 0 spiro atoms. The Morgan fingerprint density at radius 3 is 2.74 bits per heavy atom. The molecule has 3 nitrogen and oxygen atoms in total. The first-order valence-electron chi connectivity index (χ1n) is 7.27. The van der Waals surface area contributed by atoms with Gasteiger partial charge in [-0.15, -0.1) is 11.8 Å². The first-order valence-corrected chi connectivity index (χ1v) is 8.25. The van der Waals surface area contributed by atoms with Crippen molar-refractivity contribution in [2.24, 2.45) is 5.92 Å². The monoisotopic (exact) mass is 337 g/mol. The maximum atomic E-state index is 13.0. The van der Waals surface area contributed by atoms with E-state index in [9.17, 15) is 18.4 Å². The molecule has 1 heterocycles. The largest absolute Gasteiger partial charge is 0.433 e. The summed E-state index contributed by atoms with van der Waals surface area (Å²) in [5.41, 5.74) is 0.0564.